The third-order valence-electron chi connectivity index (χ3n) is 4.29. The number of morpholine rings is 1. The van der Waals surface area contributed by atoms with Crippen molar-refractivity contribution in [3.05, 3.63) is 0 Å². The first kappa shape index (κ1) is 13.8. The number of rotatable bonds is 3. The Morgan fingerprint density at radius 2 is 1.78 bits per heavy atom. The molecule has 1 heterocycles. The Hall–Kier alpha value is -0.610. The standard InChI is InChI=1S/C14H25NO3/c1-11-8-15(9-12(2)18-11)10-14(13(16)17)6-4-3-5-7-14/h11-12H,3-10H2,1-2H3,(H,16,17)/t11-,12+. The molecule has 18 heavy (non-hydrogen) atoms. The van der Waals surface area contributed by atoms with Gasteiger partial charge in [-0.2, -0.15) is 0 Å². The normalized spacial score (nSPS) is 33.2. The van der Waals surface area contributed by atoms with Crippen LogP contribution in [0.15, 0.2) is 0 Å². The maximum absolute atomic E-state index is 11.7. The average Bonchev–Trinajstić information content (AvgIpc) is 2.28. The van der Waals surface area contributed by atoms with Crippen molar-refractivity contribution < 1.29 is 14.6 Å². The van der Waals surface area contributed by atoms with Crippen molar-refractivity contribution in [3.63, 3.8) is 0 Å². The molecule has 1 aliphatic heterocycles. The summed E-state index contributed by atoms with van der Waals surface area (Å²) in [6.07, 6.45) is 5.39. The van der Waals surface area contributed by atoms with E-state index in [0.717, 1.165) is 38.8 Å². The van der Waals surface area contributed by atoms with E-state index in [-0.39, 0.29) is 12.2 Å². The molecule has 1 N–H and O–H groups in total. The summed E-state index contributed by atoms with van der Waals surface area (Å²) in [5.74, 6) is -0.603. The number of carboxylic acid groups (broad SMARTS) is 1. The first-order valence-corrected chi connectivity index (χ1v) is 7.13. The highest BCUT2D eigenvalue weighted by Crippen LogP contribution is 2.37. The molecule has 0 aromatic heterocycles. The van der Waals surface area contributed by atoms with Crippen molar-refractivity contribution in [1.29, 1.82) is 0 Å². The number of carboxylic acids is 1. The van der Waals surface area contributed by atoms with Gasteiger partial charge in [0.05, 0.1) is 17.6 Å². The summed E-state index contributed by atoms with van der Waals surface area (Å²) >= 11 is 0. The van der Waals surface area contributed by atoms with Gasteiger partial charge in [0.15, 0.2) is 0 Å². The van der Waals surface area contributed by atoms with Gasteiger partial charge in [-0.25, -0.2) is 0 Å². The number of carbonyl (C=O) groups is 1. The van der Waals surface area contributed by atoms with Gasteiger partial charge in [-0.1, -0.05) is 19.3 Å². The zero-order valence-electron chi connectivity index (χ0n) is 11.5. The monoisotopic (exact) mass is 255 g/mol. The van der Waals surface area contributed by atoms with Crippen LogP contribution in [0.4, 0.5) is 0 Å². The van der Waals surface area contributed by atoms with Gasteiger partial charge < -0.3 is 9.84 Å². The number of hydrogen-bond donors (Lipinski definition) is 1. The van der Waals surface area contributed by atoms with Crippen molar-refractivity contribution in [2.45, 2.75) is 58.2 Å². The van der Waals surface area contributed by atoms with Crippen LogP contribution in [0.5, 0.6) is 0 Å². The van der Waals surface area contributed by atoms with Crippen molar-refractivity contribution in [2.24, 2.45) is 5.41 Å². The molecular weight excluding hydrogens is 230 g/mol. The lowest BCUT2D eigenvalue weighted by molar-refractivity contribution is -0.155. The highest BCUT2D eigenvalue weighted by Gasteiger charge is 2.42. The molecule has 1 saturated carbocycles. The summed E-state index contributed by atoms with van der Waals surface area (Å²) in [6, 6.07) is 0. The molecule has 0 aromatic rings. The second-order valence-corrected chi connectivity index (χ2v) is 6.10. The first-order valence-electron chi connectivity index (χ1n) is 7.13. The molecule has 2 fully saturated rings. The first-order chi connectivity index (χ1) is 8.52. The van der Waals surface area contributed by atoms with E-state index in [4.69, 9.17) is 4.74 Å². The number of hydrogen-bond acceptors (Lipinski definition) is 3. The van der Waals surface area contributed by atoms with Gasteiger partial charge in [-0.05, 0) is 26.7 Å². The van der Waals surface area contributed by atoms with Crippen LogP contribution in [-0.4, -0.2) is 47.8 Å². The summed E-state index contributed by atoms with van der Waals surface area (Å²) in [6.45, 7) is 6.55. The average molecular weight is 255 g/mol. The Labute approximate surface area is 109 Å². The highest BCUT2D eigenvalue weighted by atomic mass is 16.5. The van der Waals surface area contributed by atoms with E-state index in [0.29, 0.717) is 6.54 Å². The van der Waals surface area contributed by atoms with Gasteiger partial charge in [-0.3, -0.25) is 9.69 Å². The van der Waals surface area contributed by atoms with E-state index in [2.05, 4.69) is 18.7 Å². The molecule has 0 amide bonds. The van der Waals surface area contributed by atoms with E-state index in [1.165, 1.54) is 6.42 Å². The smallest absolute Gasteiger partial charge is 0.310 e. The third-order valence-corrected chi connectivity index (χ3v) is 4.29. The maximum atomic E-state index is 11.7. The molecule has 0 bridgehead atoms. The van der Waals surface area contributed by atoms with Crippen LogP contribution in [0.3, 0.4) is 0 Å². The second kappa shape index (κ2) is 5.57. The summed E-state index contributed by atoms with van der Waals surface area (Å²) in [7, 11) is 0. The Kier molecular flexibility index (Phi) is 4.28. The lowest BCUT2D eigenvalue weighted by Crippen LogP contribution is -2.52. The molecule has 2 rings (SSSR count). The Morgan fingerprint density at radius 1 is 1.22 bits per heavy atom. The van der Waals surface area contributed by atoms with Gasteiger partial charge in [-0.15, -0.1) is 0 Å². The van der Waals surface area contributed by atoms with Gasteiger partial charge in [0.1, 0.15) is 0 Å². The van der Waals surface area contributed by atoms with Gasteiger partial charge >= 0.3 is 5.97 Å². The van der Waals surface area contributed by atoms with Crippen LogP contribution >= 0.6 is 0 Å². The number of nitrogens with zero attached hydrogens (tertiary/aromatic N) is 1. The molecule has 0 radical (unpaired) electrons. The van der Waals surface area contributed by atoms with Crippen molar-refractivity contribution in [1.82, 2.24) is 4.90 Å². The molecule has 0 aromatic carbocycles. The van der Waals surface area contributed by atoms with E-state index in [1.807, 2.05) is 0 Å². The number of ether oxygens (including phenoxy) is 1. The van der Waals surface area contributed by atoms with Crippen molar-refractivity contribution in [3.8, 4) is 0 Å². The Balaban J connectivity index is 2.02. The third kappa shape index (κ3) is 3.04. The Morgan fingerprint density at radius 3 is 2.28 bits per heavy atom. The molecule has 1 aliphatic carbocycles. The quantitative estimate of drug-likeness (QED) is 0.839. The molecule has 0 spiro atoms. The minimum atomic E-state index is -0.603. The molecule has 4 heteroatoms. The summed E-state index contributed by atoms with van der Waals surface area (Å²) in [4.78, 5) is 13.9. The molecular formula is C14H25NO3. The Bertz CT molecular complexity index is 289. The topological polar surface area (TPSA) is 49.8 Å². The fourth-order valence-electron chi connectivity index (χ4n) is 3.51. The van der Waals surface area contributed by atoms with Crippen LogP contribution in [0, 0.1) is 5.41 Å². The minimum absolute atomic E-state index is 0.211. The van der Waals surface area contributed by atoms with Crippen molar-refractivity contribution in [2.75, 3.05) is 19.6 Å². The fourth-order valence-corrected chi connectivity index (χ4v) is 3.51. The van der Waals surface area contributed by atoms with E-state index >= 15 is 0 Å². The fraction of sp³-hybridized carbons (Fsp3) is 0.929. The van der Waals surface area contributed by atoms with Crippen LogP contribution in [0.2, 0.25) is 0 Å². The highest BCUT2D eigenvalue weighted by molar-refractivity contribution is 5.75. The molecule has 2 aliphatic rings. The van der Waals surface area contributed by atoms with Crippen LogP contribution in [-0.2, 0) is 9.53 Å². The van der Waals surface area contributed by atoms with E-state index in [1.54, 1.807) is 0 Å². The van der Waals surface area contributed by atoms with Crippen LogP contribution < -0.4 is 0 Å². The van der Waals surface area contributed by atoms with E-state index in [9.17, 15) is 9.90 Å². The second-order valence-electron chi connectivity index (χ2n) is 6.10. The van der Waals surface area contributed by atoms with Crippen LogP contribution in [0.1, 0.15) is 46.0 Å². The summed E-state index contributed by atoms with van der Waals surface area (Å²) in [5, 5.41) is 9.59. The van der Waals surface area contributed by atoms with Gasteiger partial charge in [0.2, 0.25) is 0 Å². The molecule has 4 nitrogen and oxygen atoms in total. The molecule has 1 saturated heterocycles. The lowest BCUT2D eigenvalue weighted by Gasteiger charge is -2.42. The zero-order valence-corrected chi connectivity index (χ0v) is 11.5. The molecule has 0 unspecified atom stereocenters. The predicted octanol–water partition coefficient (Wildman–Crippen LogP) is 2.13. The molecule has 104 valence electrons. The minimum Gasteiger partial charge on any atom is -0.481 e. The summed E-state index contributed by atoms with van der Waals surface area (Å²) in [5.41, 5.74) is -0.505. The van der Waals surface area contributed by atoms with E-state index < -0.39 is 11.4 Å². The van der Waals surface area contributed by atoms with Gasteiger partial charge in [0.25, 0.3) is 0 Å². The lowest BCUT2D eigenvalue weighted by atomic mass is 9.73. The SMILES string of the molecule is C[C@@H]1CN(CC2(C(=O)O)CCCCC2)C[C@H](C)O1. The molecule has 2 atom stereocenters. The van der Waals surface area contributed by atoms with Gasteiger partial charge in [0, 0.05) is 19.6 Å². The van der Waals surface area contributed by atoms with Crippen molar-refractivity contribution >= 4 is 5.97 Å². The maximum Gasteiger partial charge on any atom is 0.310 e. The summed E-state index contributed by atoms with van der Waals surface area (Å²) < 4.78 is 5.71. The zero-order chi connectivity index (χ0) is 13.2. The number of aliphatic carboxylic acids is 1. The largest absolute Gasteiger partial charge is 0.481 e. The predicted molar refractivity (Wildman–Crippen MR) is 69.6 cm³/mol. The van der Waals surface area contributed by atoms with Crippen LogP contribution in [0.25, 0.3) is 0 Å².